The van der Waals surface area contributed by atoms with Crippen LogP contribution < -0.4 is 5.73 Å². The summed E-state index contributed by atoms with van der Waals surface area (Å²) in [4.78, 5) is 27.1. The zero-order chi connectivity index (χ0) is 24.5. The first-order valence-corrected chi connectivity index (χ1v) is 10.7. The Labute approximate surface area is 192 Å². The third-order valence-corrected chi connectivity index (χ3v) is 5.81. The summed E-state index contributed by atoms with van der Waals surface area (Å²) < 4.78 is 52.6. The number of amides is 1. The van der Waals surface area contributed by atoms with Gasteiger partial charge in [0.15, 0.2) is 0 Å². The Morgan fingerprint density at radius 2 is 1.91 bits per heavy atom. The van der Waals surface area contributed by atoms with E-state index in [0.29, 0.717) is 29.4 Å². The minimum Gasteiger partial charge on any atom is -0.366 e. The van der Waals surface area contributed by atoms with Crippen LogP contribution in [0.25, 0.3) is 16.6 Å². The SMILES string of the molecule is NC(=O)c1cc(F)cc2cn(-c3ccc(CCC4CCCN(OC(=O)C(F)(F)F)C4)cc3)nc12. The smallest absolute Gasteiger partial charge is 0.366 e. The molecule has 3 aromatic rings. The molecule has 1 fully saturated rings. The van der Waals surface area contributed by atoms with E-state index < -0.39 is 23.9 Å². The van der Waals surface area contributed by atoms with Gasteiger partial charge in [-0.2, -0.15) is 18.3 Å². The molecule has 0 saturated carbocycles. The fourth-order valence-corrected chi connectivity index (χ4v) is 4.12. The van der Waals surface area contributed by atoms with Crippen molar-refractivity contribution in [2.75, 3.05) is 13.1 Å². The second-order valence-electron chi connectivity index (χ2n) is 8.31. The van der Waals surface area contributed by atoms with E-state index in [1.807, 2.05) is 24.3 Å². The number of nitrogens with zero attached hydrogens (tertiary/aromatic N) is 3. The molecule has 4 rings (SSSR count). The average molecular weight is 478 g/mol. The van der Waals surface area contributed by atoms with Crippen molar-refractivity contribution in [3.8, 4) is 5.69 Å². The number of hydroxylamine groups is 2. The summed E-state index contributed by atoms with van der Waals surface area (Å²) in [6.07, 6.45) is -0.480. The van der Waals surface area contributed by atoms with Crippen LogP contribution in [0.4, 0.5) is 17.6 Å². The van der Waals surface area contributed by atoms with Crippen LogP contribution in [-0.4, -0.2) is 46.0 Å². The molecule has 2 heterocycles. The van der Waals surface area contributed by atoms with Gasteiger partial charge < -0.3 is 10.6 Å². The summed E-state index contributed by atoms with van der Waals surface area (Å²) in [6.45, 7) is 0.547. The monoisotopic (exact) mass is 478 g/mol. The van der Waals surface area contributed by atoms with Crippen molar-refractivity contribution in [1.82, 2.24) is 14.8 Å². The predicted molar refractivity (Wildman–Crippen MR) is 114 cm³/mol. The van der Waals surface area contributed by atoms with Gasteiger partial charge in [0.25, 0.3) is 5.91 Å². The van der Waals surface area contributed by atoms with Gasteiger partial charge in [-0.1, -0.05) is 12.1 Å². The van der Waals surface area contributed by atoms with Crippen LogP contribution >= 0.6 is 0 Å². The van der Waals surface area contributed by atoms with Gasteiger partial charge >= 0.3 is 12.1 Å². The highest BCUT2D eigenvalue weighted by atomic mass is 19.4. The van der Waals surface area contributed by atoms with Gasteiger partial charge in [-0.25, -0.2) is 13.9 Å². The highest BCUT2D eigenvalue weighted by molar-refractivity contribution is 6.04. The van der Waals surface area contributed by atoms with Crippen LogP contribution in [0.15, 0.2) is 42.6 Å². The Morgan fingerprint density at radius 3 is 2.59 bits per heavy atom. The molecule has 0 bridgehead atoms. The lowest BCUT2D eigenvalue weighted by Gasteiger charge is -2.31. The molecule has 0 aliphatic carbocycles. The molecule has 7 nitrogen and oxygen atoms in total. The first-order chi connectivity index (χ1) is 16.1. The van der Waals surface area contributed by atoms with Crippen LogP contribution in [0.5, 0.6) is 0 Å². The number of nitrogens with two attached hydrogens (primary N) is 1. The van der Waals surface area contributed by atoms with Gasteiger partial charge in [0.2, 0.25) is 0 Å². The summed E-state index contributed by atoms with van der Waals surface area (Å²) in [7, 11) is 0. The number of primary amides is 1. The number of alkyl halides is 3. The van der Waals surface area contributed by atoms with Crippen molar-refractivity contribution >= 4 is 22.8 Å². The van der Waals surface area contributed by atoms with Crippen molar-refractivity contribution in [1.29, 1.82) is 0 Å². The third kappa shape index (κ3) is 5.36. The zero-order valence-corrected chi connectivity index (χ0v) is 18.0. The first-order valence-electron chi connectivity index (χ1n) is 10.7. The fraction of sp³-hybridized carbons (Fsp3) is 0.348. The van der Waals surface area contributed by atoms with E-state index >= 15 is 0 Å². The molecule has 1 aliphatic rings. The van der Waals surface area contributed by atoms with E-state index in [2.05, 4.69) is 9.94 Å². The number of piperidine rings is 1. The lowest BCUT2D eigenvalue weighted by Crippen LogP contribution is -2.40. The number of hydrogen-bond donors (Lipinski definition) is 1. The molecule has 1 aromatic heterocycles. The van der Waals surface area contributed by atoms with Crippen LogP contribution in [0.3, 0.4) is 0 Å². The lowest BCUT2D eigenvalue weighted by atomic mass is 9.92. The molecule has 1 aliphatic heterocycles. The van der Waals surface area contributed by atoms with Crippen molar-refractivity contribution < 1.29 is 32.0 Å². The molecule has 1 saturated heterocycles. The number of rotatable bonds is 6. The maximum Gasteiger partial charge on any atom is 0.492 e. The Kier molecular flexibility index (Phi) is 6.56. The number of carbonyl (C=O) groups excluding carboxylic acids is 2. The first kappa shape index (κ1) is 23.7. The summed E-state index contributed by atoms with van der Waals surface area (Å²) in [5.41, 5.74) is 7.38. The number of halogens is 4. The minimum atomic E-state index is -5.01. The normalized spacial score (nSPS) is 17.1. The molecule has 2 N–H and O–H groups in total. The predicted octanol–water partition coefficient (Wildman–Crippen LogP) is 3.93. The van der Waals surface area contributed by atoms with Gasteiger partial charge in [0.05, 0.1) is 11.3 Å². The molecule has 1 atom stereocenters. The summed E-state index contributed by atoms with van der Waals surface area (Å²) >= 11 is 0. The lowest BCUT2D eigenvalue weighted by molar-refractivity contribution is -0.243. The summed E-state index contributed by atoms with van der Waals surface area (Å²) in [5, 5.41) is 5.91. The van der Waals surface area contributed by atoms with E-state index in [1.165, 1.54) is 10.7 Å². The Morgan fingerprint density at radius 1 is 1.18 bits per heavy atom. The van der Waals surface area contributed by atoms with E-state index in [1.54, 1.807) is 6.20 Å². The van der Waals surface area contributed by atoms with E-state index in [4.69, 9.17) is 5.73 Å². The largest absolute Gasteiger partial charge is 0.492 e. The van der Waals surface area contributed by atoms with E-state index in [9.17, 15) is 27.2 Å². The standard InChI is InChI=1S/C23H22F4N4O3/c24-17-10-16-13-31(29-20(16)19(11-17)21(28)32)18-7-5-14(6-8-18)3-4-15-2-1-9-30(12-15)34-22(33)23(25,26)27/h5-8,10-11,13,15H,1-4,9,12H2,(H2,28,32). The van der Waals surface area contributed by atoms with Crippen LogP contribution in [-0.2, 0) is 16.1 Å². The van der Waals surface area contributed by atoms with Gasteiger partial charge in [0.1, 0.15) is 11.3 Å². The topological polar surface area (TPSA) is 90.5 Å². The maximum absolute atomic E-state index is 13.8. The summed E-state index contributed by atoms with van der Waals surface area (Å²) in [6, 6.07) is 9.81. The molecule has 11 heteroatoms. The number of aromatic nitrogens is 2. The highest BCUT2D eigenvalue weighted by Crippen LogP contribution is 2.25. The molecule has 0 radical (unpaired) electrons. The van der Waals surface area contributed by atoms with Crippen molar-refractivity contribution in [2.24, 2.45) is 11.7 Å². The van der Waals surface area contributed by atoms with Crippen LogP contribution in [0.1, 0.15) is 35.2 Å². The van der Waals surface area contributed by atoms with Crippen molar-refractivity contribution in [3.63, 3.8) is 0 Å². The average Bonchev–Trinajstić information content (AvgIpc) is 3.21. The van der Waals surface area contributed by atoms with E-state index in [0.717, 1.165) is 29.5 Å². The molecular weight excluding hydrogens is 456 g/mol. The fourth-order valence-electron chi connectivity index (χ4n) is 4.12. The number of hydrogen-bond acceptors (Lipinski definition) is 5. The number of fused-ring (bicyclic) bond motifs is 1. The molecule has 1 amide bonds. The number of carbonyl (C=O) groups is 2. The molecule has 180 valence electrons. The van der Waals surface area contributed by atoms with Crippen molar-refractivity contribution in [2.45, 2.75) is 31.9 Å². The molecule has 1 unspecified atom stereocenters. The number of benzene rings is 2. The highest BCUT2D eigenvalue weighted by Gasteiger charge is 2.43. The van der Waals surface area contributed by atoms with Crippen LogP contribution in [0.2, 0.25) is 0 Å². The minimum absolute atomic E-state index is 0.00723. The Bertz CT molecular complexity index is 1210. The van der Waals surface area contributed by atoms with Gasteiger partial charge in [-0.15, -0.1) is 5.06 Å². The molecular formula is C23H22F4N4O3. The summed E-state index contributed by atoms with van der Waals surface area (Å²) in [5.74, 6) is -3.43. The Hall–Kier alpha value is -3.47. The second kappa shape index (κ2) is 9.41. The van der Waals surface area contributed by atoms with Gasteiger partial charge in [0, 0.05) is 24.7 Å². The second-order valence-corrected chi connectivity index (χ2v) is 8.31. The quantitative estimate of drug-likeness (QED) is 0.543. The van der Waals surface area contributed by atoms with Crippen molar-refractivity contribution in [3.05, 3.63) is 59.5 Å². The maximum atomic E-state index is 13.8. The number of aryl methyl sites for hydroxylation is 1. The third-order valence-electron chi connectivity index (χ3n) is 5.81. The molecule has 34 heavy (non-hydrogen) atoms. The zero-order valence-electron chi connectivity index (χ0n) is 18.0. The molecule has 0 spiro atoms. The van der Waals surface area contributed by atoms with Crippen LogP contribution in [0, 0.1) is 11.7 Å². The molecule has 2 aromatic carbocycles. The Balaban J connectivity index is 1.38. The van der Waals surface area contributed by atoms with E-state index in [-0.39, 0.29) is 24.6 Å². The van der Waals surface area contributed by atoms with Gasteiger partial charge in [-0.05, 0) is 61.4 Å². The van der Waals surface area contributed by atoms with Gasteiger partial charge in [-0.3, -0.25) is 4.79 Å².